The van der Waals surface area contributed by atoms with E-state index < -0.39 is 17.8 Å². The van der Waals surface area contributed by atoms with Crippen molar-refractivity contribution in [1.82, 2.24) is 5.32 Å². The summed E-state index contributed by atoms with van der Waals surface area (Å²) in [5.74, 6) is -0.324. The maximum Gasteiger partial charge on any atom is 0.407 e. The summed E-state index contributed by atoms with van der Waals surface area (Å²) in [6.07, 6.45) is -0.628. The van der Waals surface area contributed by atoms with Crippen molar-refractivity contribution in [2.45, 2.75) is 45.4 Å². The molecule has 2 aromatic carbocycles. The van der Waals surface area contributed by atoms with E-state index in [-0.39, 0.29) is 18.2 Å². The zero-order chi connectivity index (χ0) is 22.3. The summed E-state index contributed by atoms with van der Waals surface area (Å²) < 4.78 is 5.18. The van der Waals surface area contributed by atoms with Gasteiger partial charge in [-0.2, -0.15) is 0 Å². The van der Waals surface area contributed by atoms with Gasteiger partial charge in [-0.15, -0.1) is 0 Å². The number of hydrogen-bond acceptors (Lipinski definition) is 6. The number of benzene rings is 2. The number of carbonyl (C=O) groups is 2. The Morgan fingerprint density at radius 3 is 2.45 bits per heavy atom. The molecule has 1 unspecified atom stereocenters. The molecule has 1 heterocycles. The Bertz CT molecular complexity index is 921. The molecule has 0 aromatic heterocycles. The second-order valence-electron chi connectivity index (χ2n) is 8.22. The molecule has 0 aliphatic carbocycles. The number of para-hydroxylation sites is 1. The Kier molecular flexibility index (Phi) is 7.12. The van der Waals surface area contributed by atoms with Gasteiger partial charge in [0.2, 0.25) is 0 Å². The lowest BCUT2D eigenvalue weighted by atomic mass is 10.1. The zero-order valence-corrected chi connectivity index (χ0v) is 18.0. The van der Waals surface area contributed by atoms with Gasteiger partial charge in [-0.25, -0.2) is 4.79 Å². The normalized spacial score (nSPS) is 15.5. The first-order valence-corrected chi connectivity index (χ1v) is 10.2. The minimum atomic E-state index is -0.574. The van der Waals surface area contributed by atoms with Crippen molar-refractivity contribution in [3.63, 3.8) is 0 Å². The van der Waals surface area contributed by atoms with Crippen LogP contribution in [0.5, 0.6) is 0 Å². The number of oxime groups is 1. The molecule has 1 aliphatic heterocycles. The Balaban J connectivity index is 1.41. The summed E-state index contributed by atoms with van der Waals surface area (Å²) in [7, 11) is 0. The molecule has 8 heteroatoms. The number of nitrogens with zero attached hydrogens (tertiary/aromatic N) is 1. The van der Waals surface area contributed by atoms with Gasteiger partial charge in [0.25, 0.3) is 5.91 Å². The second-order valence-corrected chi connectivity index (χ2v) is 8.22. The van der Waals surface area contributed by atoms with Crippen LogP contribution in [0.15, 0.2) is 59.8 Å². The molecule has 1 atom stereocenters. The quantitative estimate of drug-likeness (QED) is 0.626. The molecule has 1 aliphatic rings. The van der Waals surface area contributed by atoms with Crippen molar-refractivity contribution >= 4 is 29.1 Å². The van der Waals surface area contributed by atoms with E-state index in [9.17, 15) is 9.59 Å². The summed E-state index contributed by atoms with van der Waals surface area (Å²) in [4.78, 5) is 29.4. The highest BCUT2D eigenvalue weighted by Crippen LogP contribution is 2.15. The van der Waals surface area contributed by atoms with Crippen LogP contribution in [0.4, 0.5) is 16.2 Å². The highest BCUT2D eigenvalue weighted by molar-refractivity contribution is 6.43. The van der Waals surface area contributed by atoms with Crippen LogP contribution in [0.3, 0.4) is 0 Å². The number of hydrogen-bond donors (Lipinski definition) is 3. The van der Waals surface area contributed by atoms with E-state index in [0.717, 1.165) is 11.3 Å². The molecule has 164 valence electrons. The predicted molar refractivity (Wildman–Crippen MR) is 120 cm³/mol. The molecule has 0 radical (unpaired) electrons. The molecule has 0 fully saturated rings. The third-order valence-corrected chi connectivity index (χ3v) is 4.35. The van der Waals surface area contributed by atoms with E-state index in [4.69, 9.17) is 9.57 Å². The van der Waals surface area contributed by atoms with Crippen LogP contribution in [-0.2, 0) is 20.9 Å². The number of carbonyl (C=O) groups excluding carboxylic acids is 2. The van der Waals surface area contributed by atoms with Crippen LogP contribution in [0, 0.1) is 0 Å². The zero-order valence-electron chi connectivity index (χ0n) is 18.0. The molecular weight excluding hydrogens is 396 g/mol. The van der Waals surface area contributed by atoms with Gasteiger partial charge in [-0.1, -0.05) is 35.5 Å². The topological polar surface area (TPSA) is 101 Å². The fourth-order valence-electron chi connectivity index (χ4n) is 2.85. The van der Waals surface area contributed by atoms with Gasteiger partial charge in [-0.05, 0) is 50.6 Å². The Morgan fingerprint density at radius 1 is 1.06 bits per heavy atom. The van der Waals surface area contributed by atoms with Crippen LogP contribution >= 0.6 is 0 Å². The second kappa shape index (κ2) is 9.97. The predicted octanol–water partition coefficient (Wildman–Crippen LogP) is 3.91. The number of amides is 2. The van der Waals surface area contributed by atoms with Gasteiger partial charge in [0.15, 0.2) is 6.10 Å². The summed E-state index contributed by atoms with van der Waals surface area (Å²) in [5.41, 5.74) is 2.53. The van der Waals surface area contributed by atoms with Crippen molar-refractivity contribution < 1.29 is 19.2 Å². The first kappa shape index (κ1) is 22.1. The summed E-state index contributed by atoms with van der Waals surface area (Å²) in [5, 5.41) is 12.6. The average Bonchev–Trinajstić information content (AvgIpc) is 3.21. The largest absolute Gasteiger partial charge is 0.444 e. The van der Waals surface area contributed by atoms with Gasteiger partial charge in [0, 0.05) is 24.3 Å². The van der Waals surface area contributed by atoms with E-state index in [1.165, 1.54) is 0 Å². The Labute approximate surface area is 182 Å². The number of alkyl carbamates (subject to hydrolysis) is 1. The molecule has 8 nitrogen and oxygen atoms in total. The lowest BCUT2D eigenvalue weighted by Crippen LogP contribution is -2.37. The molecule has 0 saturated heterocycles. The van der Waals surface area contributed by atoms with Crippen molar-refractivity contribution in [3.05, 3.63) is 60.2 Å². The maximum atomic E-state index is 12.4. The van der Waals surface area contributed by atoms with Gasteiger partial charge in [0.05, 0.1) is 6.54 Å². The fourth-order valence-corrected chi connectivity index (χ4v) is 2.85. The van der Waals surface area contributed by atoms with E-state index in [1.54, 1.807) is 20.8 Å². The molecule has 3 rings (SSSR count). The lowest BCUT2D eigenvalue weighted by Gasteiger charge is -2.20. The molecule has 2 amide bonds. The van der Waals surface area contributed by atoms with Gasteiger partial charge >= 0.3 is 6.09 Å². The number of rotatable bonds is 7. The highest BCUT2D eigenvalue weighted by atomic mass is 16.6. The third-order valence-electron chi connectivity index (χ3n) is 4.35. The smallest absolute Gasteiger partial charge is 0.407 e. The maximum absolute atomic E-state index is 12.4. The summed E-state index contributed by atoms with van der Waals surface area (Å²) in [6.45, 7) is 6.26. The standard InChI is InChI=1S/C23H28N4O4/c1-23(2,3)30-22(29)25-15-19-13-20(27-31-19)21(28)26-18-11-9-16(10-12-18)14-24-17-7-5-4-6-8-17/h4-12,19,24H,13-15H2,1-3H3,(H,25,29)(H,26,28). The van der Waals surface area contributed by atoms with E-state index in [2.05, 4.69) is 21.1 Å². The van der Waals surface area contributed by atoms with Crippen molar-refractivity contribution in [2.24, 2.45) is 5.16 Å². The van der Waals surface area contributed by atoms with Gasteiger partial charge < -0.3 is 25.5 Å². The van der Waals surface area contributed by atoms with Crippen molar-refractivity contribution in [1.29, 1.82) is 0 Å². The van der Waals surface area contributed by atoms with Crippen molar-refractivity contribution in [3.8, 4) is 0 Å². The van der Waals surface area contributed by atoms with E-state index >= 15 is 0 Å². The fraction of sp³-hybridized carbons (Fsp3) is 0.348. The number of anilines is 2. The molecule has 0 saturated carbocycles. The Hall–Kier alpha value is -3.55. The van der Waals surface area contributed by atoms with Gasteiger partial charge in [0.1, 0.15) is 11.3 Å². The summed E-state index contributed by atoms with van der Waals surface area (Å²) >= 11 is 0. The third kappa shape index (κ3) is 7.33. The Morgan fingerprint density at radius 2 is 1.77 bits per heavy atom. The van der Waals surface area contributed by atoms with E-state index in [1.807, 2.05) is 54.6 Å². The molecule has 0 spiro atoms. The molecule has 2 aromatic rings. The molecule has 31 heavy (non-hydrogen) atoms. The van der Waals surface area contributed by atoms with Gasteiger partial charge in [-0.3, -0.25) is 4.79 Å². The molecule has 3 N–H and O–H groups in total. The molecule has 0 bridgehead atoms. The van der Waals surface area contributed by atoms with Crippen LogP contribution in [0.25, 0.3) is 0 Å². The van der Waals surface area contributed by atoms with Crippen LogP contribution < -0.4 is 16.0 Å². The van der Waals surface area contributed by atoms with Crippen LogP contribution in [0.2, 0.25) is 0 Å². The average molecular weight is 425 g/mol. The first-order valence-electron chi connectivity index (χ1n) is 10.2. The van der Waals surface area contributed by atoms with Crippen LogP contribution in [-0.4, -0.2) is 36.0 Å². The molecular formula is C23H28N4O4. The monoisotopic (exact) mass is 424 g/mol. The SMILES string of the molecule is CC(C)(C)OC(=O)NCC1CC(C(=O)Nc2ccc(CNc3ccccc3)cc2)=NO1. The summed E-state index contributed by atoms with van der Waals surface area (Å²) in [6, 6.07) is 17.5. The first-order chi connectivity index (χ1) is 14.8. The minimum absolute atomic E-state index is 0.207. The lowest BCUT2D eigenvalue weighted by molar-refractivity contribution is -0.110. The number of ether oxygens (including phenoxy) is 1. The van der Waals surface area contributed by atoms with E-state index in [0.29, 0.717) is 18.7 Å². The minimum Gasteiger partial charge on any atom is -0.444 e. The highest BCUT2D eigenvalue weighted by Gasteiger charge is 2.27. The number of nitrogens with one attached hydrogen (secondary N) is 3. The van der Waals surface area contributed by atoms with Crippen LogP contribution in [0.1, 0.15) is 32.8 Å². The van der Waals surface area contributed by atoms with Crippen molar-refractivity contribution in [2.75, 3.05) is 17.2 Å².